The molecular weight excluding hydrogens is 333 g/mol. The van der Waals surface area contributed by atoms with E-state index in [1.807, 2.05) is 0 Å². The quantitative estimate of drug-likeness (QED) is 0.556. The molecule has 2 fully saturated rings. The van der Waals surface area contributed by atoms with Gasteiger partial charge in [0.15, 0.2) is 0 Å². The van der Waals surface area contributed by atoms with E-state index in [1.54, 1.807) is 12.1 Å². The molecule has 1 aliphatic carbocycles. The van der Waals surface area contributed by atoms with Crippen LogP contribution in [-0.4, -0.2) is 50.3 Å². The SMILES string of the molecule is O=C(OCCCCN1CCOCC1)C1CC1c1c(F)cccc1Cl. The zero-order valence-electron chi connectivity index (χ0n) is 13.7. The van der Waals surface area contributed by atoms with Gasteiger partial charge in [0, 0.05) is 29.6 Å². The average Bonchev–Trinajstić information content (AvgIpc) is 3.35. The number of esters is 1. The van der Waals surface area contributed by atoms with Gasteiger partial charge in [0.25, 0.3) is 0 Å². The third-order valence-electron chi connectivity index (χ3n) is 4.68. The molecule has 0 bridgehead atoms. The summed E-state index contributed by atoms with van der Waals surface area (Å²) in [5.41, 5.74) is 0.452. The van der Waals surface area contributed by atoms with Gasteiger partial charge in [-0.3, -0.25) is 9.69 Å². The van der Waals surface area contributed by atoms with E-state index in [2.05, 4.69) is 4.90 Å². The molecule has 0 amide bonds. The number of unbranched alkanes of at least 4 members (excludes halogenated alkanes) is 1. The van der Waals surface area contributed by atoms with Crippen LogP contribution in [0.2, 0.25) is 5.02 Å². The number of carbonyl (C=O) groups is 1. The summed E-state index contributed by atoms with van der Waals surface area (Å²) in [6.07, 6.45) is 2.47. The maximum Gasteiger partial charge on any atom is 0.309 e. The summed E-state index contributed by atoms with van der Waals surface area (Å²) in [4.78, 5) is 14.4. The summed E-state index contributed by atoms with van der Waals surface area (Å²) >= 11 is 6.05. The number of hydrogen-bond acceptors (Lipinski definition) is 4. The Bertz CT molecular complexity index is 557. The lowest BCUT2D eigenvalue weighted by Gasteiger charge is -2.26. The molecular formula is C18H23ClFNO3. The molecule has 1 saturated carbocycles. The molecule has 3 rings (SSSR count). The van der Waals surface area contributed by atoms with Crippen molar-refractivity contribution in [3.8, 4) is 0 Å². The Labute approximate surface area is 146 Å². The second-order valence-corrected chi connectivity index (χ2v) is 6.82. The highest BCUT2D eigenvalue weighted by molar-refractivity contribution is 6.31. The van der Waals surface area contributed by atoms with Crippen LogP contribution in [0.4, 0.5) is 4.39 Å². The average molecular weight is 356 g/mol. The maximum absolute atomic E-state index is 13.9. The fourth-order valence-corrected chi connectivity index (χ4v) is 3.48. The van der Waals surface area contributed by atoms with Gasteiger partial charge in [-0.15, -0.1) is 0 Å². The predicted molar refractivity (Wildman–Crippen MR) is 89.7 cm³/mol. The fourth-order valence-electron chi connectivity index (χ4n) is 3.18. The molecule has 0 aromatic heterocycles. The van der Waals surface area contributed by atoms with E-state index in [0.717, 1.165) is 45.7 Å². The summed E-state index contributed by atoms with van der Waals surface area (Å²) in [6.45, 7) is 5.00. The van der Waals surface area contributed by atoms with Crippen LogP contribution in [0.3, 0.4) is 0 Å². The van der Waals surface area contributed by atoms with Crippen molar-refractivity contribution >= 4 is 17.6 Å². The normalized spacial score (nSPS) is 23.9. The van der Waals surface area contributed by atoms with Crippen molar-refractivity contribution in [3.63, 3.8) is 0 Å². The molecule has 2 atom stereocenters. The standard InChI is InChI=1S/C18H23ClFNO3/c19-15-4-3-5-16(20)17(15)13-12-14(13)18(22)24-9-2-1-6-21-7-10-23-11-8-21/h3-5,13-14H,1-2,6-12H2. The van der Waals surface area contributed by atoms with Gasteiger partial charge in [0.2, 0.25) is 0 Å². The van der Waals surface area contributed by atoms with Gasteiger partial charge in [0.1, 0.15) is 5.82 Å². The second-order valence-electron chi connectivity index (χ2n) is 6.41. The third-order valence-corrected chi connectivity index (χ3v) is 5.01. The van der Waals surface area contributed by atoms with E-state index < -0.39 is 0 Å². The molecule has 1 heterocycles. The highest BCUT2D eigenvalue weighted by atomic mass is 35.5. The summed E-state index contributed by atoms with van der Waals surface area (Å²) < 4.78 is 24.5. The van der Waals surface area contributed by atoms with Crippen molar-refractivity contribution in [3.05, 3.63) is 34.6 Å². The minimum atomic E-state index is -0.340. The van der Waals surface area contributed by atoms with Gasteiger partial charge < -0.3 is 9.47 Å². The highest BCUT2D eigenvalue weighted by Crippen LogP contribution is 2.51. The smallest absolute Gasteiger partial charge is 0.309 e. The second kappa shape index (κ2) is 8.28. The van der Waals surface area contributed by atoms with Crippen LogP contribution in [0.15, 0.2) is 18.2 Å². The van der Waals surface area contributed by atoms with Crippen LogP contribution < -0.4 is 0 Å². The maximum atomic E-state index is 13.9. The van der Waals surface area contributed by atoms with Crippen molar-refractivity contribution in [1.82, 2.24) is 4.90 Å². The van der Waals surface area contributed by atoms with Crippen LogP contribution in [-0.2, 0) is 14.3 Å². The van der Waals surface area contributed by atoms with Gasteiger partial charge in [-0.25, -0.2) is 4.39 Å². The third kappa shape index (κ3) is 4.47. The van der Waals surface area contributed by atoms with Crippen LogP contribution in [0.5, 0.6) is 0 Å². The zero-order chi connectivity index (χ0) is 16.9. The molecule has 2 unspecified atom stereocenters. The number of carbonyl (C=O) groups excluding carboxylic acids is 1. The first-order chi connectivity index (χ1) is 11.7. The Morgan fingerprint density at radius 3 is 2.88 bits per heavy atom. The lowest BCUT2D eigenvalue weighted by Crippen LogP contribution is -2.36. The molecule has 0 N–H and O–H groups in total. The molecule has 6 heteroatoms. The van der Waals surface area contributed by atoms with Crippen molar-refractivity contribution in [1.29, 1.82) is 0 Å². The van der Waals surface area contributed by atoms with Crippen LogP contribution in [0, 0.1) is 11.7 Å². The number of benzene rings is 1. The van der Waals surface area contributed by atoms with Crippen molar-refractivity contribution in [2.45, 2.75) is 25.2 Å². The van der Waals surface area contributed by atoms with Crippen LogP contribution >= 0.6 is 11.6 Å². The summed E-state index contributed by atoms with van der Waals surface area (Å²) in [6, 6.07) is 4.62. The largest absolute Gasteiger partial charge is 0.465 e. The first-order valence-corrected chi connectivity index (χ1v) is 8.95. The fraction of sp³-hybridized carbons (Fsp3) is 0.611. The minimum Gasteiger partial charge on any atom is -0.465 e. The lowest BCUT2D eigenvalue weighted by molar-refractivity contribution is -0.145. The van der Waals surface area contributed by atoms with Gasteiger partial charge in [-0.05, 0) is 37.9 Å². The van der Waals surface area contributed by atoms with Crippen molar-refractivity contribution in [2.24, 2.45) is 5.92 Å². The Kier molecular flexibility index (Phi) is 6.09. The molecule has 1 aliphatic heterocycles. The number of hydrogen-bond donors (Lipinski definition) is 0. The first-order valence-electron chi connectivity index (χ1n) is 8.57. The number of rotatable bonds is 7. The van der Waals surface area contributed by atoms with Gasteiger partial charge in [0.05, 0.1) is 25.7 Å². The number of nitrogens with zero attached hydrogens (tertiary/aromatic N) is 1. The minimum absolute atomic E-state index is 0.139. The molecule has 2 aliphatic rings. The van der Waals surface area contributed by atoms with E-state index >= 15 is 0 Å². The summed E-state index contributed by atoms with van der Waals surface area (Å²) in [5, 5.41) is 0.390. The first kappa shape index (κ1) is 17.6. The molecule has 0 radical (unpaired) electrons. The monoisotopic (exact) mass is 355 g/mol. The van der Waals surface area contributed by atoms with Gasteiger partial charge in [-0.1, -0.05) is 17.7 Å². The van der Waals surface area contributed by atoms with Crippen molar-refractivity contribution < 1.29 is 18.7 Å². The lowest BCUT2D eigenvalue weighted by atomic mass is 10.1. The molecule has 4 nitrogen and oxygen atoms in total. The molecule has 1 saturated heterocycles. The van der Waals surface area contributed by atoms with Gasteiger partial charge in [-0.2, -0.15) is 0 Å². The Hall–Kier alpha value is -1.17. The van der Waals surface area contributed by atoms with E-state index in [9.17, 15) is 9.18 Å². The predicted octanol–water partition coefficient (Wildman–Crippen LogP) is 3.24. The number of halogens is 2. The highest BCUT2D eigenvalue weighted by Gasteiger charge is 2.47. The van der Waals surface area contributed by atoms with E-state index in [1.165, 1.54) is 6.07 Å². The summed E-state index contributed by atoms with van der Waals surface area (Å²) in [5.74, 6) is -0.961. The van der Waals surface area contributed by atoms with Crippen LogP contribution in [0.25, 0.3) is 0 Å². The van der Waals surface area contributed by atoms with E-state index in [-0.39, 0.29) is 23.6 Å². The van der Waals surface area contributed by atoms with E-state index in [4.69, 9.17) is 21.1 Å². The van der Waals surface area contributed by atoms with Crippen LogP contribution in [0.1, 0.15) is 30.7 Å². The van der Waals surface area contributed by atoms with E-state index in [0.29, 0.717) is 23.6 Å². The Morgan fingerprint density at radius 2 is 2.12 bits per heavy atom. The van der Waals surface area contributed by atoms with Gasteiger partial charge >= 0.3 is 5.97 Å². The summed E-state index contributed by atoms with van der Waals surface area (Å²) in [7, 11) is 0. The molecule has 132 valence electrons. The number of ether oxygens (including phenoxy) is 2. The van der Waals surface area contributed by atoms with Crippen molar-refractivity contribution in [2.75, 3.05) is 39.5 Å². The Morgan fingerprint density at radius 1 is 1.33 bits per heavy atom. The number of morpholine rings is 1. The molecule has 0 spiro atoms. The zero-order valence-corrected chi connectivity index (χ0v) is 14.4. The molecule has 1 aromatic rings. The molecule has 24 heavy (non-hydrogen) atoms. The Balaban J connectivity index is 1.35. The molecule has 1 aromatic carbocycles. The topological polar surface area (TPSA) is 38.8 Å².